The lowest BCUT2D eigenvalue weighted by atomic mass is 10.1. The molecule has 5 heteroatoms. The van der Waals surface area contributed by atoms with E-state index in [1.807, 2.05) is 26.8 Å². The van der Waals surface area contributed by atoms with Gasteiger partial charge in [-0.3, -0.25) is 0 Å². The van der Waals surface area contributed by atoms with Crippen LogP contribution in [0.15, 0.2) is 12.1 Å². The van der Waals surface area contributed by atoms with E-state index in [-0.39, 0.29) is 5.56 Å². The molecular formula is C15H19N3O2. The smallest absolute Gasteiger partial charge is 0.339 e. The number of hydrogen-bond donors (Lipinski definition) is 1. The number of carbonyl (C=O) groups is 1. The summed E-state index contributed by atoms with van der Waals surface area (Å²) in [6.07, 6.45) is 1.59. The Hall–Kier alpha value is -2.17. The molecule has 0 aromatic carbocycles. The Morgan fingerprint density at radius 1 is 1.25 bits per heavy atom. The van der Waals surface area contributed by atoms with E-state index in [1.54, 1.807) is 17.7 Å². The van der Waals surface area contributed by atoms with Crippen LogP contribution in [0.25, 0.3) is 5.82 Å². The molecule has 0 saturated heterocycles. The van der Waals surface area contributed by atoms with Crippen LogP contribution in [0.3, 0.4) is 0 Å². The highest BCUT2D eigenvalue weighted by atomic mass is 16.4. The predicted octanol–water partition coefficient (Wildman–Crippen LogP) is 2.71. The summed E-state index contributed by atoms with van der Waals surface area (Å²) in [6.45, 7) is 7.70. The van der Waals surface area contributed by atoms with Gasteiger partial charge >= 0.3 is 5.97 Å². The zero-order valence-corrected chi connectivity index (χ0v) is 12.3. The summed E-state index contributed by atoms with van der Waals surface area (Å²) in [7, 11) is 0. The predicted molar refractivity (Wildman–Crippen MR) is 76.5 cm³/mol. The summed E-state index contributed by atoms with van der Waals surface area (Å²) in [5, 5.41) is 13.9. The zero-order valence-electron chi connectivity index (χ0n) is 12.3. The van der Waals surface area contributed by atoms with Gasteiger partial charge in [-0.05, 0) is 44.4 Å². The van der Waals surface area contributed by atoms with E-state index in [0.29, 0.717) is 11.4 Å². The van der Waals surface area contributed by atoms with Crippen molar-refractivity contribution in [2.24, 2.45) is 0 Å². The first-order valence-corrected chi connectivity index (χ1v) is 6.77. The summed E-state index contributed by atoms with van der Waals surface area (Å²) < 4.78 is 1.67. The highest BCUT2D eigenvalue weighted by Gasteiger charge is 2.20. The van der Waals surface area contributed by atoms with E-state index >= 15 is 0 Å². The maximum Gasteiger partial charge on any atom is 0.339 e. The van der Waals surface area contributed by atoms with E-state index in [1.165, 1.54) is 0 Å². The molecule has 2 aromatic heterocycles. The van der Waals surface area contributed by atoms with Crippen molar-refractivity contribution < 1.29 is 9.90 Å². The van der Waals surface area contributed by atoms with Gasteiger partial charge in [0, 0.05) is 11.4 Å². The van der Waals surface area contributed by atoms with Crippen LogP contribution in [-0.4, -0.2) is 25.8 Å². The Labute approximate surface area is 118 Å². The number of rotatable bonds is 4. The molecule has 106 valence electrons. The van der Waals surface area contributed by atoms with Crippen LogP contribution >= 0.6 is 0 Å². The molecular weight excluding hydrogens is 254 g/mol. The molecule has 2 rings (SSSR count). The molecule has 5 nitrogen and oxygen atoms in total. The lowest BCUT2D eigenvalue weighted by Gasteiger charge is -2.11. The highest BCUT2D eigenvalue weighted by Crippen LogP contribution is 2.20. The van der Waals surface area contributed by atoms with Crippen molar-refractivity contribution in [1.29, 1.82) is 0 Å². The summed E-state index contributed by atoms with van der Waals surface area (Å²) in [4.78, 5) is 15.9. The third-order valence-corrected chi connectivity index (χ3v) is 3.30. The number of hydrogen-bond acceptors (Lipinski definition) is 3. The first-order chi connectivity index (χ1) is 9.47. The van der Waals surface area contributed by atoms with Crippen molar-refractivity contribution in [3.63, 3.8) is 0 Å². The van der Waals surface area contributed by atoms with Crippen LogP contribution < -0.4 is 0 Å². The van der Waals surface area contributed by atoms with Crippen molar-refractivity contribution >= 4 is 5.97 Å². The van der Waals surface area contributed by atoms with Gasteiger partial charge in [0.1, 0.15) is 5.56 Å². The van der Waals surface area contributed by atoms with Gasteiger partial charge in [-0.15, -0.1) is 0 Å². The van der Waals surface area contributed by atoms with Gasteiger partial charge in [-0.25, -0.2) is 14.5 Å². The van der Waals surface area contributed by atoms with E-state index in [0.717, 1.165) is 29.9 Å². The molecule has 0 bridgehead atoms. The van der Waals surface area contributed by atoms with Crippen molar-refractivity contribution in [2.45, 2.75) is 40.5 Å². The molecule has 0 amide bonds. The van der Waals surface area contributed by atoms with E-state index in [9.17, 15) is 9.90 Å². The first-order valence-electron chi connectivity index (χ1n) is 6.77. The average molecular weight is 273 g/mol. The molecule has 0 unspecified atom stereocenters. The molecule has 2 heterocycles. The second kappa shape index (κ2) is 5.45. The second-order valence-corrected chi connectivity index (χ2v) is 4.83. The van der Waals surface area contributed by atoms with Gasteiger partial charge in [-0.2, -0.15) is 5.10 Å². The quantitative estimate of drug-likeness (QED) is 0.930. The number of pyridine rings is 1. The molecule has 1 N–H and O–H groups in total. The number of nitrogens with zero attached hydrogens (tertiary/aromatic N) is 3. The topological polar surface area (TPSA) is 68.0 Å². The normalized spacial score (nSPS) is 10.8. The monoisotopic (exact) mass is 273 g/mol. The van der Waals surface area contributed by atoms with E-state index in [4.69, 9.17) is 0 Å². The Balaban J connectivity index is 2.74. The van der Waals surface area contributed by atoms with Crippen LogP contribution in [0, 0.1) is 13.8 Å². The summed E-state index contributed by atoms with van der Waals surface area (Å²) in [5.41, 5.74) is 3.63. The molecule has 0 radical (unpaired) electrons. The summed E-state index contributed by atoms with van der Waals surface area (Å²) >= 11 is 0. The molecule has 0 aliphatic carbocycles. The average Bonchev–Trinajstić information content (AvgIpc) is 2.80. The van der Waals surface area contributed by atoms with Crippen molar-refractivity contribution in [2.75, 3.05) is 0 Å². The minimum atomic E-state index is -0.972. The number of carboxylic acids is 1. The maximum atomic E-state index is 11.5. The minimum Gasteiger partial charge on any atom is -0.478 e. The molecule has 0 atom stereocenters. The number of aromatic nitrogens is 3. The van der Waals surface area contributed by atoms with Crippen LogP contribution in [0.1, 0.15) is 46.9 Å². The van der Waals surface area contributed by atoms with Crippen LogP contribution in [0.5, 0.6) is 0 Å². The summed E-state index contributed by atoms with van der Waals surface area (Å²) in [5.74, 6) is -0.563. The SMILES string of the molecule is CCc1cc(CC)n(-c2nc(C)cc(C)c2C(=O)O)n1. The third kappa shape index (κ3) is 2.43. The van der Waals surface area contributed by atoms with Crippen LogP contribution in [-0.2, 0) is 12.8 Å². The van der Waals surface area contributed by atoms with Gasteiger partial charge in [0.05, 0.1) is 5.69 Å². The van der Waals surface area contributed by atoms with E-state index in [2.05, 4.69) is 10.1 Å². The maximum absolute atomic E-state index is 11.5. The first kappa shape index (κ1) is 14.2. The highest BCUT2D eigenvalue weighted by molar-refractivity contribution is 5.92. The van der Waals surface area contributed by atoms with Crippen LogP contribution in [0.2, 0.25) is 0 Å². The Morgan fingerprint density at radius 2 is 1.95 bits per heavy atom. The van der Waals surface area contributed by atoms with Gasteiger partial charge < -0.3 is 5.11 Å². The summed E-state index contributed by atoms with van der Waals surface area (Å²) in [6, 6.07) is 3.79. The van der Waals surface area contributed by atoms with Crippen LogP contribution in [0.4, 0.5) is 0 Å². The fourth-order valence-corrected chi connectivity index (χ4v) is 2.32. The molecule has 20 heavy (non-hydrogen) atoms. The van der Waals surface area contributed by atoms with Gasteiger partial charge in [-0.1, -0.05) is 13.8 Å². The fraction of sp³-hybridized carbons (Fsp3) is 0.400. The molecule has 0 aliphatic rings. The standard InChI is InChI=1S/C15H19N3O2/c1-5-11-8-12(6-2)18(17-11)14-13(15(19)20)9(3)7-10(4)16-14/h7-8H,5-6H2,1-4H3,(H,19,20). The fourth-order valence-electron chi connectivity index (χ4n) is 2.32. The van der Waals surface area contributed by atoms with Gasteiger partial charge in [0.2, 0.25) is 0 Å². The lowest BCUT2D eigenvalue weighted by molar-refractivity contribution is 0.0695. The Kier molecular flexibility index (Phi) is 3.88. The van der Waals surface area contributed by atoms with Crippen molar-refractivity contribution in [3.05, 3.63) is 40.3 Å². The molecule has 0 aliphatic heterocycles. The minimum absolute atomic E-state index is 0.219. The molecule has 2 aromatic rings. The third-order valence-electron chi connectivity index (χ3n) is 3.30. The Morgan fingerprint density at radius 3 is 2.50 bits per heavy atom. The largest absolute Gasteiger partial charge is 0.478 e. The Bertz CT molecular complexity index is 659. The van der Waals surface area contributed by atoms with Gasteiger partial charge in [0.15, 0.2) is 5.82 Å². The molecule has 0 spiro atoms. The van der Waals surface area contributed by atoms with Gasteiger partial charge in [0.25, 0.3) is 0 Å². The molecule has 0 saturated carbocycles. The van der Waals surface area contributed by atoms with Crippen molar-refractivity contribution in [3.8, 4) is 5.82 Å². The number of aryl methyl sites for hydroxylation is 4. The lowest BCUT2D eigenvalue weighted by Crippen LogP contribution is -2.14. The van der Waals surface area contributed by atoms with E-state index < -0.39 is 5.97 Å². The molecule has 0 fully saturated rings. The van der Waals surface area contributed by atoms with Crippen molar-refractivity contribution in [1.82, 2.24) is 14.8 Å². The number of aromatic carboxylic acids is 1. The zero-order chi connectivity index (χ0) is 14.9. The second-order valence-electron chi connectivity index (χ2n) is 4.83. The number of carboxylic acid groups (broad SMARTS) is 1.